The number of para-hydroxylation sites is 1. The average Bonchev–Trinajstić information content (AvgIpc) is 2.34. The van der Waals surface area contributed by atoms with Crippen molar-refractivity contribution in [1.82, 2.24) is 5.32 Å². The van der Waals surface area contributed by atoms with Gasteiger partial charge < -0.3 is 10.6 Å². The van der Waals surface area contributed by atoms with E-state index in [1.807, 2.05) is 20.1 Å². The molecule has 0 unspecified atom stereocenters. The second-order valence-corrected chi connectivity index (χ2v) is 6.23. The van der Waals surface area contributed by atoms with Crippen molar-refractivity contribution >= 4 is 23.4 Å². The first-order valence-electron chi connectivity index (χ1n) is 5.85. The largest absolute Gasteiger partial charge is 0.320 e. The van der Waals surface area contributed by atoms with Gasteiger partial charge in [-0.2, -0.15) is 11.8 Å². The fraction of sp³-hybridized carbons (Fsp3) is 0.462. The van der Waals surface area contributed by atoms with Crippen LogP contribution in [0.25, 0.3) is 0 Å². The molecule has 0 saturated carbocycles. The second-order valence-electron chi connectivity index (χ2n) is 4.71. The second kappa shape index (κ2) is 6.86. The summed E-state index contributed by atoms with van der Waals surface area (Å²) in [4.78, 5) is 11.6. The predicted octanol–water partition coefficient (Wildman–Crippen LogP) is 2.63. The molecule has 0 bridgehead atoms. The molecule has 1 amide bonds. The van der Waals surface area contributed by atoms with Crippen molar-refractivity contribution in [1.29, 1.82) is 0 Å². The maximum Gasteiger partial charge on any atom is 0.238 e. The minimum Gasteiger partial charge on any atom is -0.320 e. The molecular weight excluding hydrogens is 270 g/mol. The minimum absolute atomic E-state index is 0.00350. The van der Waals surface area contributed by atoms with E-state index in [0.717, 1.165) is 12.1 Å². The highest BCUT2D eigenvalue weighted by Crippen LogP contribution is 2.19. The van der Waals surface area contributed by atoms with Gasteiger partial charge in [0, 0.05) is 11.3 Å². The van der Waals surface area contributed by atoms with Gasteiger partial charge in [0.05, 0.1) is 6.54 Å². The third-order valence-corrected chi connectivity index (χ3v) is 3.87. The Labute approximate surface area is 116 Å². The van der Waals surface area contributed by atoms with E-state index < -0.39 is 23.2 Å². The fourth-order valence-corrected chi connectivity index (χ4v) is 1.60. The van der Waals surface area contributed by atoms with E-state index in [9.17, 15) is 13.6 Å². The molecule has 0 heterocycles. The molecule has 1 aromatic carbocycles. The van der Waals surface area contributed by atoms with Gasteiger partial charge in [0.25, 0.3) is 0 Å². The standard InChI is InChI=1S/C13H18F2N2OS/c1-13(2,19-3)8-16-7-11(18)17-12-9(14)5-4-6-10(12)15/h4-6,16H,7-8H2,1-3H3,(H,17,18). The topological polar surface area (TPSA) is 41.1 Å². The van der Waals surface area contributed by atoms with Crippen molar-refractivity contribution < 1.29 is 13.6 Å². The highest BCUT2D eigenvalue weighted by molar-refractivity contribution is 7.99. The third-order valence-electron chi connectivity index (χ3n) is 2.62. The Balaban J connectivity index is 2.48. The molecule has 0 aliphatic rings. The molecule has 0 atom stereocenters. The summed E-state index contributed by atoms with van der Waals surface area (Å²) in [6, 6.07) is 3.45. The lowest BCUT2D eigenvalue weighted by Gasteiger charge is -2.22. The number of carbonyl (C=O) groups excluding carboxylic acids is 1. The highest BCUT2D eigenvalue weighted by atomic mass is 32.2. The Kier molecular flexibility index (Phi) is 5.75. The van der Waals surface area contributed by atoms with E-state index in [2.05, 4.69) is 10.6 Å². The van der Waals surface area contributed by atoms with Crippen LogP contribution < -0.4 is 10.6 Å². The SMILES string of the molecule is CSC(C)(C)CNCC(=O)Nc1c(F)cccc1F. The van der Waals surface area contributed by atoms with Crippen LogP contribution in [0.1, 0.15) is 13.8 Å². The number of hydrogen-bond acceptors (Lipinski definition) is 3. The minimum atomic E-state index is -0.780. The van der Waals surface area contributed by atoms with Gasteiger partial charge in [-0.3, -0.25) is 4.79 Å². The zero-order valence-electron chi connectivity index (χ0n) is 11.2. The molecule has 0 aliphatic carbocycles. The summed E-state index contributed by atoms with van der Waals surface area (Å²) in [6.45, 7) is 4.72. The molecule has 0 saturated heterocycles. The third kappa shape index (κ3) is 5.16. The van der Waals surface area contributed by atoms with E-state index in [4.69, 9.17) is 0 Å². The van der Waals surface area contributed by atoms with Gasteiger partial charge in [-0.15, -0.1) is 0 Å². The van der Waals surface area contributed by atoms with Crippen LogP contribution >= 0.6 is 11.8 Å². The Morgan fingerprint density at radius 2 is 1.89 bits per heavy atom. The first kappa shape index (κ1) is 15.9. The van der Waals surface area contributed by atoms with Gasteiger partial charge in [0.2, 0.25) is 5.91 Å². The number of thioether (sulfide) groups is 1. The molecule has 0 radical (unpaired) electrons. The first-order chi connectivity index (χ1) is 8.85. The van der Waals surface area contributed by atoms with Gasteiger partial charge in [-0.25, -0.2) is 8.78 Å². The van der Waals surface area contributed by atoms with Crippen LogP contribution in [0.5, 0.6) is 0 Å². The van der Waals surface area contributed by atoms with Gasteiger partial charge in [-0.05, 0) is 32.2 Å². The van der Waals surface area contributed by atoms with Crippen molar-refractivity contribution in [3.05, 3.63) is 29.8 Å². The van der Waals surface area contributed by atoms with Crippen LogP contribution in [0.2, 0.25) is 0 Å². The Morgan fingerprint density at radius 1 is 1.32 bits per heavy atom. The van der Waals surface area contributed by atoms with Gasteiger partial charge in [0.1, 0.15) is 17.3 Å². The van der Waals surface area contributed by atoms with Crippen LogP contribution in [0.3, 0.4) is 0 Å². The average molecular weight is 288 g/mol. The van der Waals surface area contributed by atoms with Crippen LogP contribution in [-0.2, 0) is 4.79 Å². The number of halogens is 2. The van der Waals surface area contributed by atoms with Crippen LogP contribution in [-0.4, -0.2) is 30.0 Å². The number of anilines is 1. The van der Waals surface area contributed by atoms with Gasteiger partial charge >= 0.3 is 0 Å². The number of carbonyl (C=O) groups is 1. The Hall–Kier alpha value is -1.14. The lowest BCUT2D eigenvalue weighted by atomic mass is 10.2. The molecule has 0 aliphatic heterocycles. The zero-order chi connectivity index (χ0) is 14.5. The van der Waals surface area contributed by atoms with Crippen LogP contribution in [0.15, 0.2) is 18.2 Å². The Morgan fingerprint density at radius 3 is 2.42 bits per heavy atom. The van der Waals surface area contributed by atoms with Crippen LogP contribution in [0, 0.1) is 11.6 Å². The monoisotopic (exact) mass is 288 g/mol. The lowest BCUT2D eigenvalue weighted by molar-refractivity contribution is -0.115. The van der Waals surface area contributed by atoms with E-state index >= 15 is 0 Å². The predicted molar refractivity (Wildman–Crippen MR) is 75.5 cm³/mol. The number of hydrogen-bond donors (Lipinski definition) is 2. The van der Waals surface area contributed by atoms with E-state index in [-0.39, 0.29) is 11.3 Å². The van der Waals surface area contributed by atoms with Gasteiger partial charge in [0.15, 0.2) is 0 Å². The summed E-state index contributed by atoms with van der Waals surface area (Å²) in [7, 11) is 0. The van der Waals surface area contributed by atoms with E-state index in [0.29, 0.717) is 6.54 Å². The molecule has 0 fully saturated rings. The van der Waals surface area contributed by atoms with Crippen molar-refractivity contribution in [3.63, 3.8) is 0 Å². The molecular formula is C13H18F2N2OS. The van der Waals surface area contributed by atoms with E-state index in [1.54, 1.807) is 11.8 Å². The van der Waals surface area contributed by atoms with Crippen molar-refractivity contribution in [3.8, 4) is 0 Å². The summed E-state index contributed by atoms with van der Waals surface area (Å²) >= 11 is 1.67. The number of nitrogens with one attached hydrogen (secondary N) is 2. The molecule has 3 nitrogen and oxygen atoms in total. The van der Waals surface area contributed by atoms with Crippen molar-refractivity contribution in [2.24, 2.45) is 0 Å². The highest BCUT2D eigenvalue weighted by Gasteiger charge is 2.16. The summed E-state index contributed by atoms with van der Waals surface area (Å²) < 4.78 is 26.6. The molecule has 106 valence electrons. The Bertz CT molecular complexity index is 432. The maximum absolute atomic E-state index is 13.3. The number of rotatable bonds is 6. The molecule has 6 heteroatoms. The molecule has 2 N–H and O–H groups in total. The molecule has 1 rings (SSSR count). The normalized spacial score (nSPS) is 11.4. The molecule has 0 aromatic heterocycles. The maximum atomic E-state index is 13.3. The van der Waals surface area contributed by atoms with Crippen molar-refractivity contribution in [2.75, 3.05) is 24.7 Å². The first-order valence-corrected chi connectivity index (χ1v) is 7.08. The zero-order valence-corrected chi connectivity index (χ0v) is 12.0. The quantitative estimate of drug-likeness (QED) is 0.845. The molecule has 19 heavy (non-hydrogen) atoms. The summed E-state index contributed by atoms with van der Waals surface area (Å²) in [5.41, 5.74) is -0.404. The van der Waals surface area contributed by atoms with Gasteiger partial charge in [-0.1, -0.05) is 6.07 Å². The van der Waals surface area contributed by atoms with Crippen LogP contribution in [0.4, 0.5) is 14.5 Å². The summed E-state index contributed by atoms with van der Waals surface area (Å²) in [5, 5.41) is 5.18. The fourth-order valence-electron chi connectivity index (χ4n) is 1.35. The van der Waals surface area contributed by atoms with Crippen molar-refractivity contribution in [2.45, 2.75) is 18.6 Å². The smallest absolute Gasteiger partial charge is 0.238 e. The van der Waals surface area contributed by atoms with E-state index in [1.165, 1.54) is 6.07 Å². The number of benzene rings is 1. The molecule has 0 spiro atoms. The summed E-state index contributed by atoms with van der Waals surface area (Å²) in [6.07, 6.45) is 1.98. The lowest BCUT2D eigenvalue weighted by Crippen LogP contribution is -2.37. The molecule has 1 aromatic rings. The number of amides is 1. The summed E-state index contributed by atoms with van der Waals surface area (Å²) in [5.74, 6) is -2.03.